The molecular weight excluding hydrogens is 298 g/mol. The van der Waals surface area contributed by atoms with Gasteiger partial charge in [-0.2, -0.15) is 0 Å². The number of methoxy groups -OCH3 is 1. The molecule has 0 aromatic heterocycles. The van der Waals surface area contributed by atoms with Gasteiger partial charge < -0.3 is 9.47 Å². The van der Waals surface area contributed by atoms with Crippen molar-refractivity contribution < 1.29 is 19.2 Å². The maximum atomic E-state index is 12.2. The van der Waals surface area contributed by atoms with E-state index in [0.29, 0.717) is 6.42 Å². The first-order valence-electron chi connectivity index (χ1n) is 6.69. The molecule has 1 aromatic carbocycles. The minimum atomic E-state index is -0.717. The number of esters is 1. The Morgan fingerprint density at radius 1 is 1.38 bits per heavy atom. The normalized spacial score (nSPS) is 21.8. The van der Waals surface area contributed by atoms with Gasteiger partial charge in [0.05, 0.1) is 11.0 Å². The van der Waals surface area contributed by atoms with Gasteiger partial charge in [-0.05, 0) is 31.4 Å². The van der Waals surface area contributed by atoms with Crippen LogP contribution < -0.4 is 0 Å². The molecule has 0 N–H and O–H groups in total. The molecule has 0 bridgehead atoms. The molecule has 1 aliphatic rings. The lowest BCUT2D eigenvalue weighted by atomic mass is 9.95. The summed E-state index contributed by atoms with van der Waals surface area (Å²) in [6.45, 7) is 0. The minimum Gasteiger partial charge on any atom is -0.458 e. The molecule has 2 unspecified atom stereocenters. The summed E-state index contributed by atoms with van der Waals surface area (Å²) in [4.78, 5) is 22.5. The summed E-state index contributed by atoms with van der Waals surface area (Å²) < 4.78 is 10.6. The molecule has 1 aliphatic carbocycles. The molecule has 2 atom stereocenters. The summed E-state index contributed by atoms with van der Waals surface area (Å²) >= 11 is 5.80. The van der Waals surface area contributed by atoms with E-state index in [1.54, 1.807) is 7.11 Å². The summed E-state index contributed by atoms with van der Waals surface area (Å²) in [5.41, 5.74) is -0.421. The number of carbonyl (C=O) groups is 1. The van der Waals surface area contributed by atoms with Crippen molar-refractivity contribution in [2.75, 3.05) is 7.11 Å². The second-order valence-corrected chi connectivity index (χ2v) is 5.41. The Morgan fingerprint density at radius 2 is 2.10 bits per heavy atom. The largest absolute Gasteiger partial charge is 0.458 e. The fraction of sp³-hybridized carbons (Fsp3) is 0.500. The number of halogens is 1. The third kappa shape index (κ3) is 3.92. The highest BCUT2D eigenvalue weighted by atomic mass is 35.5. The predicted molar refractivity (Wildman–Crippen MR) is 76.6 cm³/mol. The van der Waals surface area contributed by atoms with E-state index in [9.17, 15) is 14.9 Å². The molecule has 1 fully saturated rings. The summed E-state index contributed by atoms with van der Waals surface area (Å²) in [6, 6.07) is 3.84. The van der Waals surface area contributed by atoms with Crippen molar-refractivity contribution in [3.05, 3.63) is 38.9 Å². The van der Waals surface area contributed by atoms with Crippen LogP contribution in [0.1, 0.15) is 36.0 Å². The zero-order valence-electron chi connectivity index (χ0n) is 11.6. The van der Waals surface area contributed by atoms with Gasteiger partial charge in [0.2, 0.25) is 0 Å². The molecule has 21 heavy (non-hydrogen) atoms. The molecule has 1 aromatic rings. The molecule has 0 heterocycles. The highest BCUT2D eigenvalue weighted by molar-refractivity contribution is 6.31. The van der Waals surface area contributed by atoms with Crippen molar-refractivity contribution >= 4 is 23.3 Å². The zero-order chi connectivity index (χ0) is 15.4. The van der Waals surface area contributed by atoms with Gasteiger partial charge in [-0.1, -0.05) is 11.6 Å². The van der Waals surface area contributed by atoms with Gasteiger partial charge in [-0.25, -0.2) is 4.79 Å². The van der Waals surface area contributed by atoms with Crippen LogP contribution in [-0.2, 0) is 9.47 Å². The quantitative estimate of drug-likeness (QED) is 0.484. The summed E-state index contributed by atoms with van der Waals surface area (Å²) in [5, 5.41) is 11.2. The fourth-order valence-corrected chi connectivity index (χ4v) is 2.64. The number of benzene rings is 1. The van der Waals surface area contributed by atoms with Crippen molar-refractivity contribution in [2.24, 2.45) is 0 Å². The van der Waals surface area contributed by atoms with Crippen LogP contribution in [0.4, 0.5) is 5.69 Å². The Labute approximate surface area is 127 Å². The van der Waals surface area contributed by atoms with E-state index in [0.717, 1.165) is 19.3 Å². The lowest BCUT2D eigenvalue weighted by molar-refractivity contribution is -0.385. The number of ether oxygens (including phenoxy) is 2. The predicted octanol–water partition coefficient (Wildman–Crippen LogP) is 3.36. The van der Waals surface area contributed by atoms with Gasteiger partial charge in [-0.15, -0.1) is 0 Å². The Balaban J connectivity index is 2.13. The summed E-state index contributed by atoms with van der Waals surface area (Å²) in [7, 11) is 1.62. The number of nitro groups is 1. The first-order valence-corrected chi connectivity index (χ1v) is 7.06. The van der Waals surface area contributed by atoms with Gasteiger partial charge in [-0.3, -0.25) is 10.1 Å². The lowest BCUT2D eigenvalue weighted by Crippen LogP contribution is -2.29. The van der Waals surface area contributed by atoms with Crippen molar-refractivity contribution in [3.8, 4) is 0 Å². The topological polar surface area (TPSA) is 78.7 Å². The Bertz CT molecular complexity index is 548. The van der Waals surface area contributed by atoms with Crippen LogP contribution in [0.2, 0.25) is 5.02 Å². The maximum Gasteiger partial charge on any atom is 0.345 e. The van der Waals surface area contributed by atoms with Crippen molar-refractivity contribution in [3.63, 3.8) is 0 Å². The van der Waals surface area contributed by atoms with Crippen molar-refractivity contribution in [1.29, 1.82) is 0 Å². The van der Waals surface area contributed by atoms with Gasteiger partial charge in [0, 0.05) is 24.6 Å². The van der Waals surface area contributed by atoms with Crippen LogP contribution in [0, 0.1) is 10.1 Å². The van der Waals surface area contributed by atoms with E-state index in [-0.39, 0.29) is 28.5 Å². The number of rotatable bonds is 4. The van der Waals surface area contributed by atoms with E-state index < -0.39 is 10.9 Å². The number of nitrogens with zero attached hydrogens (tertiary/aromatic N) is 1. The summed E-state index contributed by atoms with van der Waals surface area (Å²) in [6.07, 6.45) is 2.95. The van der Waals surface area contributed by atoms with Crippen LogP contribution >= 0.6 is 11.6 Å². The van der Waals surface area contributed by atoms with Crippen LogP contribution in [-0.4, -0.2) is 30.2 Å². The molecule has 1 saturated carbocycles. The molecule has 0 aliphatic heterocycles. The second-order valence-electron chi connectivity index (χ2n) is 4.97. The van der Waals surface area contributed by atoms with Gasteiger partial charge >= 0.3 is 5.97 Å². The van der Waals surface area contributed by atoms with Crippen molar-refractivity contribution in [1.82, 2.24) is 0 Å². The fourth-order valence-electron chi connectivity index (χ4n) is 2.47. The number of carbonyl (C=O) groups excluding carboxylic acids is 1. The highest BCUT2D eigenvalue weighted by Gasteiger charge is 2.28. The monoisotopic (exact) mass is 313 g/mol. The number of hydrogen-bond donors (Lipinski definition) is 0. The lowest BCUT2D eigenvalue weighted by Gasteiger charge is -2.27. The molecule has 6 nitrogen and oxygen atoms in total. The molecule has 0 amide bonds. The average Bonchev–Trinajstić information content (AvgIpc) is 2.47. The Morgan fingerprint density at radius 3 is 2.76 bits per heavy atom. The number of hydrogen-bond acceptors (Lipinski definition) is 5. The standard InChI is InChI=1S/C14H16ClNO5/c1-20-10-3-2-4-11(8-10)21-14(17)12-7-9(15)5-6-13(12)16(18)19/h5-7,10-11H,2-4,8H2,1H3. The Kier molecular flexibility index (Phi) is 5.14. The van der Waals surface area contributed by atoms with Gasteiger partial charge in [0.25, 0.3) is 5.69 Å². The zero-order valence-corrected chi connectivity index (χ0v) is 12.3. The third-order valence-electron chi connectivity index (χ3n) is 3.56. The van der Waals surface area contributed by atoms with E-state index >= 15 is 0 Å². The van der Waals surface area contributed by atoms with E-state index in [4.69, 9.17) is 21.1 Å². The molecule has 0 spiro atoms. The first kappa shape index (κ1) is 15.7. The molecule has 0 saturated heterocycles. The number of nitro benzene ring substituents is 1. The van der Waals surface area contributed by atoms with Crippen LogP contribution in [0.5, 0.6) is 0 Å². The third-order valence-corrected chi connectivity index (χ3v) is 3.80. The molecule has 114 valence electrons. The van der Waals surface area contributed by atoms with Crippen LogP contribution in [0.25, 0.3) is 0 Å². The van der Waals surface area contributed by atoms with Gasteiger partial charge in [0.15, 0.2) is 0 Å². The first-order chi connectivity index (χ1) is 10.0. The second kappa shape index (κ2) is 6.87. The van der Waals surface area contributed by atoms with E-state index in [2.05, 4.69) is 0 Å². The molecule has 0 radical (unpaired) electrons. The smallest absolute Gasteiger partial charge is 0.345 e. The average molecular weight is 314 g/mol. The molecule has 7 heteroatoms. The SMILES string of the molecule is COC1CCCC(OC(=O)c2cc(Cl)ccc2[N+](=O)[O-])C1. The highest BCUT2D eigenvalue weighted by Crippen LogP contribution is 2.27. The Hall–Kier alpha value is -1.66. The molecular formula is C14H16ClNO5. The summed E-state index contributed by atoms with van der Waals surface area (Å²) in [5.74, 6) is -0.717. The minimum absolute atomic E-state index is 0.0610. The van der Waals surface area contributed by atoms with Crippen LogP contribution in [0.3, 0.4) is 0 Å². The van der Waals surface area contributed by atoms with Gasteiger partial charge in [0.1, 0.15) is 11.7 Å². The molecule has 2 rings (SSSR count). The van der Waals surface area contributed by atoms with E-state index in [1.807, 2.05) is 0 Å². The maximum absolute atomic E-state index is 12.2. The van der Waals surface area contributed by atoms with E-state index in [1.165, 1.54) is 18.2 Å². The van der Waals surface area contributed by atoms with Crippen molar-refractivity contribution in [2.45, 2.75) is 37.9 Å². The van der Waals surface area contributed by atoms with Crippen LogP contribution in [0.15, 0.2) is 18.2 Å².